The average Bonchev–Trinajstić information content (AvgIpc) is 2.90. The Bertz CT molecular complexity index is 1390. The molecular weight excluding hydrogens is 533 g/mol. The smallest absolute Gasteiger partial charge is 0.244 e. The molecule has 0 radical (unpaired) electrons. The van der Waals surface area contributed by atoms with E-state index in [0.717, 1.165) is 28.3 Å². The highest BCUT2D eigenvalue weighted by Gasteiger charge is 2.32. The van der Waals surface area contributed by atoms with E-state index in [1.54, 1.807) is 24.3 Å². The number of benzene rings is 3. The number of sulfonamides is 1. The molecule has 8 nitrogen and oxygen atoms in total. The molecular formula is C27H29ClFN3O5S. The molecule has 2 amide bonds. The number of methoxy groups -OCH3 is 1. The van der Waals surface area contributed by atoms with Crippen molar-refractivity contribution in [3.8, 4) is 5.75 Å². The first-order valence-electron chi connectivity index (χ1n) is 11.6. The number of ether oxygens (including phenoxy) is 1. The van der Waals surface area contributed by atoms with Crippen molar-refractivity contribution >= 4 is 39.1 Å². The minimum atomic E-state index is -3.99. The third-order valence-corrected chi connectivity index (χ3v) is 7.31. The lowest BCUT2D eigenvalue weighted by molar-refractivity contribution is -0.139. The summed E-state index contributed by atoms with van der Waals surface area (Å²) in [6.07, 6.45) is 1.13. The molecule has 0 saturated carbocycles. The van der Waals surface area contributed by atoms with Crippen molar-refractivity contribution in [1.82, 2.24) is 10.2 Å². The van der Waals surface area contributed by atoms with Gasteiger partial charge in [0.05, 0.1) is 24.1 Å². The molecule has 0 bridgehead atoms. The molecule has 0 aromatic heterocycles. The number of halogens is 2. The predicted molar refractivity (Wildman–Crippen MR) is 145 cm³/mol. The first-order chi connectivity index (χ1) is 18.0. The van der Waals surface area contributed by atoms with Crippen LogP contribution >= 0.6 is 11.6 Å². The van der Waals surface area contributed by atoms with Crippen molar-refractivity contribution in [2.24, 2.45) is 0 Å². The summed E-state index contributed by atoms with van der Waals surface area (Å²) in [6.45, 7) is -0.629. The Kier molecular flexibility index (Phi) is 9.71. The minimum Gasteiger partial charge on any atom is -0.497 e. The van der Waals surface area contributed by atoms with E-state index < -0.39 is 40.2 Å². The highest BCUT2D eigenvalue weighted by Crippen LogP contribution is 2.25. The molecule has 1 unspecified atom stereocenters. The zero-order chi connectivity index (χ0) is 27.9. The summed E-state index contributed by atoms with van der Waals surface area (Å²) in [7, 11) is -0.999. The van der Waals surface area contributed by atoms with Gasteiger partial charge in [-0.15, -0.1) is 0 Å². The number of hydrogen-bond acceptors (Lipinski definition) is 5. The summed E-state index contributed by atoms with van der Waals surface area (Å²) in [5.74, 6) is -1.21. The number of carbonyl (C=O) groups excluding carboxylic acids is 2. The molecule has 38 heavy (non-hydrogen) atoms. The molecule has 0 heterocycles. The minimum absolute atomic E-state index is 0.00271. The Morgan fingerprint density at radius 2 is 1.71 bits per heavy atom. The van der Waals surface area contributed by atoms with Crippen LogP contribution in [0.1, 0.15) is 11.1 Å². The largest absolute Gasteiger partial charge is 0.497 e. The summed E-state index contributed by atoms with van der Waals surface area (Å²) >= 11 is 5.89. The number of rotatable bonds is 11. The molecule has 11 heteroatoms. The zero-order valence-electron chi connectivity index (χ0n) is 21.2. The molecule has 3 aromatic carbocycles. The summed E-state index contributed by atoms with van der Waals surface area (Å²) in [6, 6.07) is 18.6. The lowest BCUT2D eigenvalue weighted by atomic mass is 10.0. The summed E-state index contributed by atoms with van der Waals surface area (Å²) < 4.78 is 45.3. The van der Waals surface area contributed by atoms with Crippen LogP contribution in [0.25, 0.3) is 0 Å². The number of nitrogens with one attached hydrogen (secondary N) is 1. The van der Waals surface area contributed by atoms with E-state index in [4.69, 9.17) is 16.3 Å². The lowest BCUT2D eigenvalue weighted by Gasteiger charge is -2.33. The summed E-state index contributed by atoms with van der Waals surface area (Å²) in [5, 5.41) is 2.32. The third kappa shape index (κ3) is 7.45. The topological polar surface area (TPSA) is 96.0 Å². The molecule has 1 atom stereocenters. The van der Waals surface area contributed by atoms with Crippen LogP contribution in [0.5, 0.6) is 5.75 Å². The van der Waals surface area contributed by atoms with Gasteiger partial charge in [-0.1, -0.05) is 54.1 Å². The molecule has 0 saturated heterocycles. The maximum atomic E-state index is 13.8. The fraction of sp³-hybridized carbons (Fsp3) is 0.259. The molecule has 0 aliphatic carbocycles. The second-order valence-corrected chi connectivity index (χ2v) is 10.9. The van der Waals surface area contributed by atoms with Crippen LogP contribution in [-0.4, -0.2) is 58.1 Å². The van der Waals surface area contributed by atoms with Crippen molar-refractivity contribution in [1.29, 1.82) is 0 Å². The van der Waals surface area contributed by atoms with Crippen LogP contribution in [0.2, 0.25) is 5.02 Å². The standard InChI is InChI=1S/C27H29ClFN3O5S/c1-30-27(34)25(15-19-8-5-4-6-9-19)31(17-20-10-7-11-22(14-20)37-2)26(33)18-32(38(3,35)36)21-12-13-24(29)23(28)16-21/h4-14,16,25H,15,17-18H2,1-3H3,(H,30,34). The second kappa shape index (κ2) is 12.7. The molecule has 1 N–H and O–H groups in total. The van der Waals surface area contributed by atoms with E-state index in [9.17, 15) is 22.4 Å². The van der Waals surface area contributed by atoms with E-state index in [1.807, 2.05) is 30.3 Å². The number of carbonyl (C=O) groups is 2. The normalized spacial score (nSPS) is 11.9. The van der Waals surface area contributed by atoms with E-state index in [1.165, 1.54) is 25.1 Å². The van der Waals surface area contributed by atoms with Crippen molar-refractivity contribution in [2.75, 3.05) is 31.3 Å². The van der Waals surface area contributed by atoms with Crippen LogP contribution in [0, 0.1) is 5.82 Å². The van der Waals surface area contributed by atoms with Crippen molar-refractivity contribution in [2.45, 2.75) is 19.0 Å². The van der Waals surface area contributed by atoms with E-state index >= 15 is 0 Å². The maximum absolute atomic E-state index is 13.8. The Morgan fingerprint density at radius 1 is 1.03 bits per heavy atom. The maximum Gasteiger partial charge on any atom is 0.244 e. The third-order valence-electron chi connectivity index (χ3n) is 5.87. The molecule has 0 aliphatic rings. The number of amides is 2. The molecule has 202 valence electrons. The molecule has 0 aliphatic heterocycles. The van der Waals surface area contributed by atoms with Gasteiger partial charge in [0.25, 0.3) is 0 Å². The van der Waals surface area contributed by atoms with Gasteiger partial charge in [-0.25, -0.2) is 12.8 Å². The van der Waals surface area contributed by atoms with Crippen LogP contribution in [0.4, 0.5) is 10.1 Å². The van der Waals surface area contributed by atoms with E-state index in [0.29, 0.717) is 11.3 Å². The van der Waals surface area contributed by atoms with Crippen molar-refractivity contribution in [3.05, 3.63) is 94.8 Å². The van der Waals surface area contributed by atoms with Gasteiger partial charge >= 0.3 is 0 Å². The van der Waals surface area contributed by atoms with Gasteiger partial charge in [-0.05, 0) is 41.5 Å². The molecule has 0 fully saturated rings. The fourth-order valence-corrected chi connectivity index (χ4v) is 4.96. The van der Waals surface area contributed by atoms with Gasteiger partial charge in [-0.3, -0.25) is 13.9 Å². The van der Waals surface area contributed by atoms with Crippen molar-refractivity contribution in [3.63, 3.8) is 0 Å². The number of hydrogen-bond donors (Lipinski definition) is 1. The monoisotopic (exact) mass is 561 g/mol. The summed E-state index contributed by atoms with van der Waals surface area (Å²) in [4.78, 5) is 28.3. The highest BCUT2D eigenvalue weighted by molar-refractivity contribution is 7.92. The van der Waals surface area contributed by atoms with Crippen LogP contribution in [0.15, 0.2) is 72.8 Å². The van der Waals surface area contributed by atoms with E-state index in [-0.39, 0.29) is 23.7 Å². The second-order valence-electron chi connectivity index (χ2n) is 8.56. The first-order valence-corrected chi connectivity index (χ1v) is 13.9. The first kappa shape index (κ1) is 28.9. The van der Waals surface area contributed by atoms with E-state index in [2.05, 4.69) is 5.32 Å². The Hall–Kier alpha value is -3.63. The number of anilines is 1. The molecule has 3 rings (SSSR count). The fourth-order valence-electron chi connectivity index (χ4n) is 3.94. The zero-order valence-corrected chi connectivity index (χ0v) is 22.8. The average molecular weight is 562 g/mol. The van der Waals surface area contributed by atoms with Gasteiger partial charge in [0.1, 0.15) is 24.2 Å². The van der Waals surface area contributed by atoms with Gasteiger partial charge in [0, 0.05) is 20.0 Å². The Balaban J connectivity index is 2.04. The highest BCUT2D eigenvalue weighted by atomic mass is 35.5. The summed E-state index contributed by atoms with van der Waals surface area (Å²) in [5.41, 5.74) is 1.51. The van der Waals surface area contributed by atoms with Crippen LogP contribution < -0.4 is 14.4 Å². The van der Waals surface area contributed by atoms with Gasteiger partial charge in [-0.2, -0.15) is 0 Å². The number of likely N-dealkylation sites (N-methyl/N-ethyl adjacent to an activating group) is 1. The molecule has 3 aromatic rings. The molecule has 0 spiro atoms. The quantitative estimate of drug-likeness (QED) is 0.386. The Labute approximate surface area is 227 Å². The van der Waals surface area contributed by atoms with Gasteiger partial charge in [0.15, 0.2) is 0 Å². The van der Waals surface area contributed by atoms with Gasteiger partial charge < -0.3 is 15.0 Å². The Morgan fingerprint density at radius 3 is 2.32 bits per heavy atom. The lowest BCUT2D eigenvalue weighted by Crippen LogP contribution is -2.52. The SMILES string of the molecule is CNC(=O)C(Cc1ccccc1)N(Cc1cccc(OC)c1)C(=O)CN(c1ccc(F)c(Cl)c1)S(C)(=O)=O. The predicted octanol–water partition coefficient (Wildman–Crippen LogP) is 3.64. The van der Waals surface area contributed by atoms with Gasteiger partial charge in [0.2, 0.25) is 21.8 Å². The van der Waals surface area contributed by atoms with Crippen LogP contribution in [-0.2, 0) is 32.6 Å². The van der Waals surface area contributed by atoms with Crippen molar-refractivity contribution < 1.29 is 27.1 Å². The van der Waals surface area contributed by atoms with Crippen LogP contribution in [0.3, 0.4) is 0 Å². The number of nitrogens with zero attached hydrogens (tertiary/aromatic N) is 2.